The third-order valence-corrected chi connectivity index (χ3v) is 6.20. The standard InChI is InChI=1S/C24H41N5O8.2CH4O/c1-19(2)21(32)4-3-20(18-31)25-22(33)15-27-9-11-28(16-23(34)35)7-5-26(13-14-30)6-8-29(12-10-27)17-24(36)37;2*1-2/h14,18-20H,3-13,15-17H2,1-2H3,(H,25,33)(H,34,35)(H,36,37);2*2H,1H3. The Bertz CT molecular complexity index is 752. The van der Waals surface area contributed by atoms with Crippen LogP contribution in [0.4, 0.5) is 0 Å². The summed E-state index contributed by atoms with van der Waals surface area (Å²) in [4.78, 5) is 76.9. The molecule has 41 heavy (non-hydrogen) atoms. The van der Waals surface area contributed by atoms with E-state index in [-0.39, 0.29) is 50.7 Å². The summed E-state index contributed by atoms with van der Waals surface area (Å²) in [5.74, 6) is -2.54. The number of nitrogens with one attached hydrogen (secondary N) is 1. The van der Waals surface area contributed by atoms with Crippen LogP contribution in [0, 0.1) is 5.92 Å². The highest BCUT2D eigenvalue weighted by Gasteiger charge is 2.21. The van der Waals surface area contributed by atoms with E-state index in [1.807, 2.05) is 4.90 Å². The number of hydrogen-bond acceptors (Lipinski definition) is 12. The van der Waals surface area contributed by atoms with Gasteiger partial charge in [-0.15, -0.1) is 0 Å². The molecule has 15 heteroatoms. The highest BCUT2D eigenvalue weighted by molar-refractivity contribution is 5.83. The molecule has 5 N–H and O–H groups in total. The summed E-state index contributed by atoms with van der Waals surface area (Å²) in [6, 6.07) is -0.793. The molecule has 1 amide bonds. The minimum Gasteiger partial charge on any atom is -0.480 e. The Morgan fingerprint density at radius 1 is 0.707 bits per heavy atom. The molecular formula is C26H49N5O10. The van der Waals surface area contributed by atoms with E-state index in [4.69, 9.17) is 10.2 Å². The summed E-state index contributed by atoms with van der Waals surface area (Å²) in [5, 5.41) is 35.2. The van der Waals surface area contributed by atoms with Crippen LogP contribution in [0.15, 0.2) is 0 Å². The Labute approximate surface area is 242 Å². The van der Waals surface area contributed by atoms with Gasteiger partial charge in [0, 0.05) is 78.9 Å². The fourth-order valence-corrected chi connectivity index (χ4v) is 3.94. The molecular weight excluding hydrogens is 542 g/mol. The van der Waals surface area contributed by atoms with E-state index in [1.54, 1.807) is 28.5 Å². The molecule has 1 aliphatic heterocycles. The van der Waals surface area contributed by atoms with Crippen molar-refractivity contribution in [2.45, 2.75) is 32.7 Å². The monoisotopic (exact) mass is 591 g/mol. The molecule has 0 spiro atoms. The number of aliphatic hydroxyl groups is 2. The maximum absolute atomic E-state index is 12.7. The number of aliphatic hydroxyl groups excluding tert-OH is 2. The quantitative estimate of drug-likeness (QED) is 0.132. The van der Waals surface area contributed by atoms with Gasteiger partial charge >= 0.3 is 11.9 Å². The smallest absolute Gasteiger partial charge is 0.317 e. The van der Waals surface area contributed by atoms with Crippen molar-refractivity contribution in [3.63, 3.8) is 0 Å². The van der Waals surface area contributed by atoms with E-state index in [9.17, 15) is 39.0 Å². The van der Waals surface area contributed by atoms with Crippen molar-refractivity contribution < 1.29 is 49.2 Å². The number of rotatable bonds is 14. The first-order valence-electron chi connectivity index (χ1n) is 13.5. The second-order valence-corrected chi connectivity index (χ2v) is 9.55. The third kappa shape index (κ3) is 20.7. The molecule has 0 saturated carbocycles. The van der Waals surface area contributed by atoms with E-state index in [2.05, 4.69) is 5.32 Å². The zero-order chi connectivity index (χ0) is 31.8. The molecule has 0 bridgehead atoms. The lowest BCUT2D eigenvalue weighted by Gasteiger charge is -2.32. The van der Waals surface area contributed by atoms with Gasteiger partial charge in [0.15, 0.2) is 0 Å². The summed E-state index contributed by atoms with van der Waals surface area (Å²) in [6.07, 6.45) is 1.76. The van der Waals surface area contributed by atoms with Crippen LogP contribution >= 0.6 is 0 Å². The number of aliphatic carboxylic acids is 2. The fraction of sp³-hybridized carbons (Fsp3) is 0.769. The minimum atomic E-state index is -0.990. The molecule has 238 valence electrons. The van der Waals surface area contributed by atoms with Crippen molar-refractivity contribution in [1.29, 1.82) is 0 Å². The van der Waals surface area contributed by atoms with Gasteiger partial charge in [0.25, 0.3) is 0 Å². The van der Waals surface area contributed by atoms with Gasteiger partial charge in [-0.25, -0.2) is 0 Å². The molecule has 15 nitrogen and oxygen atoms in total. The van der Waals surface area contributed by atoms with Crippen LogP contribution in [-0.4, -0.2) is 175 Å². The van der Waals surface area contributed by atoms with Crippen LogP contribution in [0.2, 0.25) is 0 Å². The highest BCUT2D eigenvalue weighted by atomic mass is 16.4. The van der Waals surface area contributed by atoms with Gasteiger partial charge in [-0.2, -0.15) is 0 Å². The van der Waals surface area contributed by atoms with Crippen molar-refractivity contribution in [1.82, 2.24) is 24.9 Å². The number of nitrogens with zero attached hydrogens (tertiary/aromatic N) is 4. The van der Waals surface area contributed by atoms with Crippen molar-refractivity contribution >= 4 is 36.2 Å². The first-order valence-corrected chi connectivity index (χ1v) is 13.5. The largest absolute Gasteiger partial charge is 0.480 e. The van der Waals surface area contributed by atoms with E-state index in [0.29, 0.717) is 58.6 Å². The van der Waals surface area contributed by atoms with Crippen LogP contribution in [0.3, 0.4) is 0 Å². The number of amides is 1. The lowest BCUT2D eigenvalue weighted by Crippen LogP contribution is -2.50. The molecule has 0 aromatic heterocycles. The van der Waals surface area contributed by atoms with Crippen molar-refractivity contribution in [2.75, 3.05) is 92.8 Å². The molecule has 1 atom stereocenters. The van der Waals surface area contributed by atoms with Gasteiger partial charge < -0.3 is 35.3 Å². The number of ketones is 1. The summed E-state index contributed by atoms with van der Waals surface area (Å²) in [6.45, 7) is 6.24. The molecule has 0 radical (unpaired) electrons. The number of carbonyl (C=O) groups excluding carboxylic acids is 4. The number of carboxylic acid groups (broad SMARTS) is 2. The normalized spacial score (nSPS) is 16.9. The number of aldehydes is 2. The summed E-state index contributed by atoms with van der Waals surface area (Å²) in [5.41, 5.74) is 0. The van der Waals surface area contributed by atoms with Crippen LogP contribution in [-0.2, 0) is 28.8 Å². The SMILES string of the molecule is CC(C)C(=O)CCC(C=O)NC(=O)CN1CCN(CC(=O)O)CCN(CC=O)CCN(CC(=O)O)CC1.CO.CO. The van der Waals surface area contributed by atoms with Gasteiger partial charge in [-0.05, 0) is 6.42 Å². The van der Waals surface area contributed by atoms with Crippen LogP contribution in [0.1, 0.15) is 26.7 Å². The second kappa shape index (κ2) is 24.9. The van der Waals surface area contributed by atoms with Gasteiger partial charge in [0.1, 0.15) is 18.4 Å². The van der Waals surface area contributed by atoms with E-state index >= 15 is 0 Å². The molecule has 0 aliphatic carbocycles. The molecule has 0 aromatic carbocycles. The highest BCUT2D eigenvalue weighted by Crippen LogP contribution is 2.05. The van der Waals surface area contributed by atoms with Crippen LogP contribution in [0.25, 0.3) is 0 Å². The predicted octanol–water partition coefficient (Wildman–Crippen LogP) is -2.52. The topological polar surface area (TPSA) is 208 Å². The second-order valence-electron chi connectivity index (χ2n) is 9.55. The van der Waals surface area contributed by atoms with E-state index in [1.165, 1.54) is 0 Å². The lowest BCUT2D eigenvalue weighted by atomic mass is 10.0. The molecule has 0 aromatic rings. The molecule has 1 rings (SSSR count). The summed E-state index contributed by atoms with van der Waals surface area (Å²) in [7, 11) is 2.00. The molecule has 1 unspecified atom stereocenters. The average Bonchev–Trinajstić information content (AvgIpc) is 2.93. The number of carboxylic acids is 2. The maximum atomic E-state index is 12.7. The molecule has 1 saturated heterocycles. The third-order valence-electron chi connectivity index (χ3n) is 6.20. The Morgan fingerprint density at radius 3 is 1.44 bits per heavy atom. The van der Waals surface area contributed by atoms with Crippen LogP contribution < -0.4 is 5.32 Å². The van der Waals surface area contributed by atoms with Gasteiger partial charge in [-0.3, -0.25) is 38.8 Å². The predicted molar refractivity (Wildman–Crippen MR) is 150 cm³/mol. The Hall–Kier alpha value is -2.82. The number of Topliss-reactive ketones (excluding diaryl/α,β-unsaturated/α-hetero) is 1. The minimum absolute atomic E-state index is 0.00733. The number of carbonyl (C=O) groups is 6. The average molecular weight is 592 g/mol. The van der Waals surface area contributed by atoms with Gasteiger partial charge in [0.05, 0.1) is 32.2 Å². The Morgan fingerprint density at radius 2 is 1.10 bits per heavy atom. The Balaban J connectivity index is 0. The Kier molecular flexibility index (Phi) is 24.5. The van der Waals surface area contributed by atoms with Crippen molar-refractivity contribution in [3.8, 4) is 0 Å². The van der Waals surface area contributed by atoms with Crippen LogP contribution in [0.5, 0.6) is 0 Å². The lowest BCUT2D eigenvalue weighted by molar-refractivity contribution is -0.139. The van der Waals surface area contributed by atoms with E-state index < -0.39 is 23.9 Å². The van der Waals surface area contributed by atoms with Crippen molar-refractivity contribution in [2.24, 2.45) is 5.92 Å². The fourth-order valence-electron chi connectivity index (χ4n) is 3.94. The van der Waals surface area contributed by atoms with Crippen molar-refractivity contribution in [3.05, 3.63) is 0 Å². The van der Waals surface area contributed by atoms with E-state index in [0.717, 1.165) is 20.5 Å². The number of hydrogen-bond donors (Lipinski definition) is 5. The summed E-state index contributed by atoms with van der Waals surface area (Å²) < 4.78 is 0. The zero-order valence-corrected chi connectivity index (χ0v) is 24.7. The first kappa shape index (κ1) is 40.3. The first-order chi connectivity index (χ1) is 19.5. The molecule has 1 heterocycles. The van der Waals surface area contributed by atoms with Gasteiger partial charge in [-0.1, -0.05) is 13.8 Å². The summed E-state index contributed by atoms with van der Waals surface area (Å²) >= 11 is 0. The zero-order valence-electron chi connectivity index (χ0n) is 24.7. The molecule has 1 aliphatic rings. The maximum Gasteiger partial charge on any atom is 0.317 e. The molecule has 1 fully saturated rings. The van der Waals surface area contributed by atoms with Gasteiger partial charge in [0.2, 0.25) is 5.91 Å².